The zero-order chi connectivity index (χ0) is 13.2. The van der Waals surface area contributed by atoms with Gasteiger partial charge in [-0.3, -0.25) is 0 Å². The maximum Gasteiger partial charge on any atom is 0.170 e. The molecule has 0 aliphatic carbocycles. The number of piperidine rings is 1. The molecule has 1 aliphatic heterocycles. The lowest BCUT2D eigenvalue weighted by Gasteiger charge is -2.39. The Bertz CT molecular complexity index is 414. The van der Waals surface area contributed by atoms with E-state index in [4.69, 9.17) is 11.6 Å². The van der Waals surface area contributed by atoms with Crippen molar-refractivity contribution in [3.8, 4) is 0 Å². The fraction of sp³-hybridized carbons (Fsp3) is 0.643. The van der Waals surface area contributed by atoms with Gasteiger partial charge in [0.05, 0.1) is 5.88 Å². The van der Waals surface area contributed by atoms with Crippen LogP contribution in [0.3, 0.4) is 0 Å². The minimum absolute atomic E-state index is 0.196. The molecule has 100 valence electrons. The van der Waals surface area contributed by atoms with Crippen molar-refractivity contribution in [2.75, 3.05) is 18.0 Å². The number of halogens is 2. The first-order valence-corrected chi connectivity index (χ1v) is 7.07. The van der Waals surface area contributed by atoms with E-state index in [9.17, 15) is 4.39 Å². The molecule has 0 aromatic carbocycles. The van der Waals surface area contributed by atoms with Crippen LogP contribution in [0.15, 0.2) is 12.3 Å². The highest BCUT2D eigenvalue weighted by atomic mass is 35.5. The Morgan fingerprint density at radius 1 is 1.44 bits per heavy atom. The Morgan fingerprint density at radius 3 is 2.67 bits per heavy atom. The van der Waals surface area contributed by atoms with Gasteiger partial charge in [0.1, 0.15) is 0 Å². The van der Waals surface area contributed by atoms with Crippen molar-refractivity contribution >= 4 is 17.4 Å². The molecule has 2 rings (SSSR count). The lowest BCUT2D eigenvalue weighted by Crippen LogP contribution is -2.39. The highest BCUT2D eigenvalue weighted by molar-refractivity contribution is 6.17. The topological polar surface area (TPSA) is 16.1 Å². The van der Waals surface area contributed by atoms with Gasteiger partial charge in [0.15, 0.2) is 11.6 Å². The van der Waals surface area contributed by atoms with E-state index in [0.29, 0.717) is 16.8 Å². The molecule has 1 saturated heterocycles. The maximum absolute atomic E-state index is 14.1. The summed E-state index contributed by atoms with van der Waals surface area (Å²) in [5.74, 6) is 0.404. The standard InChI is InChI=1S/C14H20ClFN2/c1-3-14(2)5-8-18(9-6-14)13-12(16)11(10-15)4-7-17-13/h4,7H,3,5-6,8-10H2,1-2H3. The second-order valence-electron chi connectivity index (χ2n) is 5.39. The first kappa shape index (κ1) is 13.6. The van der Waals surface area contributed by atoms with E-state index in [0.717, 1.165) is 25.9 Å². The van der Waals surface area contributed by atoms with E-state index in [2.05, 4.69) is 18.8 Å². The van der Waals surface area contributed by atoms with Crippen LogP contribution in [0.4, 0.5) is 10.2 Å². The minimum Gasteiger partial charge on any atom is -0.354 e. The van der Waals surface area contributed by atoms with Crippen molar-refractivity contribution in [2.45, 2.75) is 39.0 Å². The largest absolute Gasteiger partial charge is 0.354 e. The Labute approximate surface area is 113 Å². The lowest BCUT2D eigenvalue weighted by atomic mass is 9.78. The quantitative estimate of drug-likeness (QED) is 0.773. The van der Waals surface area contributed by atoms with E-state index < -0.39 is 0 Å². The Hall–Kier alpha value is -0.830. The van der Waals surface area contributed by atoms with Gasteiger partial charge in [-0.1, -0.05) is 20.3 Å². The molecule has 0 saturated carbocycles. The second kappa shape index (κ2) is 5.43. The van der Waals surface area contributed by atoms with Crippen LogP contribution in [0.2, 0.25) is 0 Å². The van der Waals surface area contributed by atoms with E-state index in [1.54, 1.807) is 12.3 Å². The molecule has 0 bridgehead atoms. The van der Waals surface area contributed by atoms with Crippen molar-refractivity contribution in [1.29, 1.82) is 0 Å². The van der Waals surface area contributed by atoms with Crippen molar-refractivity contribution < 1.29 is 4.39 Å². The van der Waals surface area contributed by atoms with Crippen LogP contribution in [0.1, 0.15) is 38.7 Å². The average molecular weight is 271 g/mol. The third-order valence-electron chi connectivity index (χ3n) is 4.22. The number of hydrogen-bond donors (Lipinski definition) is 0. The van der Waals surface area contributed by atoms with Crippen LogP contribution < -0.4 is 4.90 Å². The number of alkyl halides is 1. The molecule has 1 aliphatic rings. The van der Waals surface area contributed by atoms with Crippen LogP contribution in [-0.2, 0) is 5.88 Å². The van der Waals surface area contributed by atoms with E-state index in [1.165, 1.54) is 6.42 Å². The Balaban J connectivity index is 2.15. The number of aromatic nitrogens is 1. The SMILES string of the molecule is CCC1(C)CCN(c2nccc(CCl)c2F)CC1. The smallest absolute Gasteiger partial charge is 0.170 e. The summed E-state index contributed by atoms with van der Waals surface area (Å²) in [6, 6.07) is 1.64. The van der Waals surface area contributed by atoms with Gasteiger partial charge in [0, 0.05) is 24.8 Å². The van der Waals surface area contributed by atoms with Gasteiger partial charge >= 0.3 is 0 Å². The molecule has 1 aromatic heterocycles. The van der Waals surface area contributed by atoms with Gasteiger partial charge in [0.2, 0.25) is 0 Å². The molecule has 0 radical (unpaired) electrons. The highest BCUT2D eigenvalue weighted by Gasteiger charge is 2.30. The van der Waals surface area contributed by atoms with E-state index in [1.807, 2.05) is 4.90 Å². The molecule has 0 atom stereocenters. The normalized spacial score (nSPS) is 19.0. The summed E-state index contributed by atoms with van der Waals surface area (Å²) in [4.78, 5) is 6.22. The fourth-order valence-corrected chi connectivity index (χ4v) is 2.61. The Kier molecular flexibility index (Phi) is 4.10. The van der Waals surface area contributed by atoms with Gasteiger partial charge in [-0.2, -0.15) is 0 Å². The first-order chi connectivity index (χ1) is 8.59. The summed E-state index contributed by atoms with van der Waals surface area (Å²) in [6.07, 6.45) is 5.01. The summed E-state index contributed by atoms with van der Waals surface area (Å²) >= 11 is 5.72. The predicted molar refractivity (Wildman–Crippen MR) is 73.6 cm³/mol. The molecule has 0 amide bonds. The molecule has 2 nitrogen and oxygen atoms in total. The molecular weight excluding hydrogens is 251 g/mol. The van der Waals surface area contributed by atoms with Gasteiger partial charge in [-0.15, -0.1) is 11.6 Å². The molecular formula is C14H20ClFN2. The highest BCUT2D eigenvalue weighted by Crippen LogP contribution is 2.36. The molecule has 2 heterocycles. The van der Waals surface area contributed by atoms with E-state index in [-0.39, 0.29) is 11.7 Å². The summed E-state index contributed by atoms with van der Waals surface area (Å²) in [7, 11) is 0. The molecule has 0 N–H and O–H groups in total. The van der Waals surface area contributed by atoms with Crippen LogP contribution >= 0.6 is 11.6 Å². The lowest BCUT2D eigenvalue weighted by molar-refractivity contribution is 0.237. The zero-order valence-corrected chi connectivity index (χ0v) is 11.8. The summed E-state index contributed by atoms with van der Waals surface area (Å²) in [6.45, 7) is 6.28. The van der Waals surface area contributed by atoms with Crippen molar-refractivity contribution in [2.24, 2.45) is 5.41 Å². The van der Waals surface area contributed by atoms with Gasteiger partial charge in [-0.25, -0.2) is 9.37 Å². The number of nitrogens with zero attached hydrogens (tertiary/aromatic N) is 2. The van der Waals surface area contributed by atoms with Crippen LogP contribution in [0, 0.1) is 11.2 Å². The molecule has 0 unspecified atom stereocenters. The molecule has 4 heteroatoms. The van der Waals surface area contributed by atoms with Crippen LogP contribution in [0.25, 0.3) is 0 Å². The number of anilines is 1. The maximum atomic E-state index is 14.1. The van der Waals surface area contributed by atoms with Crippen molar-refractivity contribution in [3.63, 3.8) is 0 Å². The monoisotopic (exact) mass is 270 g/mol. The third-order valence-corrected chi connectivity index (χ3v) is 4.51. The summed E-state index contributed by atoms with van der Waals surface area (Å²) in [5, 5.41) is 0. The van der Waals surface area contributed by atoms with Gasteiger partial charge in [-0.05, 0) is 24.3 Å². The third kappa shape index (κ3) is 2.61. The Morgan fingerprint density at radius 2 is 2.11 bits per heavy atom. The predicted octanol–water partition coefficient (Wildman–Crippen LogP) is 3.98. The van der Waals surface area contributed by atoms with Gasteiger partial charge < -0.3 is 4.90 Å². The summed E-state index contributed by atoms with van der Waals surface area (Å²) in [5.41, 5.74) is 0.933. The number of rotatable bonds is 3. The van der Waals surface area contributed by atoms with Crippen molar-refractivity contribution in [3.05, 3.63) is 23.6 Å². The molecule has 0 spiro atoms. The fourth-order valence-electron chi connectivity index (χ4n) is 2.41. The van der Waals surface area contributed by atoms with Crippen molar-refractivity contribution in [1.82, 2.24) is 4.98 Å². The first-order valence-electron chi connectivity index (χ1n) is 6.54. The molecule has 1 aromatic rings. The molecule has 1 fully saturated rings. The van der Waals surface area contributed by atoms with Crippen LogP contribution in [0.5, 0.6) is 0 Å². The summed E-state index contributed by atoms with van der Waals surface area (Å²) < 4.78 is 14.1. The average Bonchev–Trinajstić information content (AvgIpc) is 2.40. The van der Waals surface area contributed by atoms with E-state index >= 15 is 0 Å². The zero-order valence-electron chi connectivity index (χ0n) is 11.0. The number of pyridine rings is 1. The second-order valence-corrected chi connectivity index (χ2v) is 5.66. The van der Waals surface area contributed by atoms with Gasteiger partial charge in [0.25, 0.3) is 0 Å². The number of hydrogen-bond acceptors (Lipinski definition) is 2. The minimum atomic E-state index is -0.257. The van der Waals surface area contributed by atoms with Crippen LogP contribution in [-0.4, -0.2) is 18.1 Å². The molecule has 18 heavy (non-hydrogen) atoms.